The predicted molar refractivity (Wildman–Crippen MR) is 117 cm³/mol. The van der Waals surface area contributed by atoms with E-state index in [2.05, 4.69) is 24.1 Å². The molecule has 3 rings (SSSR count). The Hall–Kier alpha value is -1.48. The minimum absolute atomic E-state index is 0.168. The third-order valence-corrected chi connectivity index (χ3v) is 7.79. The first-order valence-electron chi connectivity index (χ1n) is 11.1. The average Bonchev–Trinajstić information content (AvgIpc) is 2.77. The van der Waals surface area contributed by atoms with Crippen molar-refractivity contribution in [1.82, 2.24) is 14.5 Å². The van der Waals surface area contributed by atoms with Gasteiger partial charge in [0.2, 0.25) is 10.0 Å². The van der Waals surface area contributed by atoms with Gasteiger partial charge in [0.1, 0.15) is 0 Å². The van der Waals surface area contributed by atoms with Gasteiger partial charge in [-0.05, 0) is 49.4 Å². The quantitative estimate of drug-likeness (QED) is 0.675. The molecule has 0 spiro atoms. The lowest BCUT2D eigenvalue weighted by atomic mass is 10.0. The van der Waals surface area contributed by atoms with Crippen LogP contribution in [0.2, 0.25) is 0 Å². The fourth-order valence-electron chi connectivity index (χ4n) is 4.19. The standard InChI is InChI=1S/C22H35N3O4S/c1-18(2)16-20(24-12-14-29-15-13-24)17-23-22(26)19-6-8-21(9-7-19)30(27,28)25-10-4-3-5-11-25/h6-9,18,20H,3-5,10-17H2,1-2H3,(H,23,26). The molecule has 30 heavy (non-hydrogen) atoms. The van der Waals surface area contributed by atoms with E-state index in [0.29, 0.717) is 31.1 Å². The van der Waals surface area contributed by atoms with E-state index in [1.807, 2.05) is 0 Å². The molecular formula is C22H35N3O4S. The number of piperidine rings is 1. The van der Waals surface area contributed by atoms with Gasteiger partial charge in [-0.3, -0.25) is 9.69 Å². The second-order valence-corrected chi connectivity index (χ2v) is 10.6. The summed E-state index contributed by atoms with van der Waals surface area (Å²) in [5.74, 6) is 0.368. The third kappa shape index (κ3) is 6.03. The lowest BCUT2D eigenvalue weighted by Crippen LogP contribution is -2.49. The number of sulfonamides is 1. The average molecular weight is 438 g/mol. The zero-order valence-electron chi connectivity index (χ0n) is 18.2. The second-order valence-electron chi connectivity index (χ2n) is 8.63. The highest BCUT2D eigenvalue weighted by atomic mass is 32.2. The molecule has 0 bridgehead atoms. The number of hydrogen-bond acceptors (Lipinski definition) is 5. The van der Waals surface area contributed by atoms with Crippen LogP contribution >= 0.6 is 0 Å². The van der Waals surface area contributed by atoms with Crippen LogP contribution < -0.4 is 5.32 Å². The molecule has 1 N–H and O–H groups in total. The predicted octanol–water partition coefficient (Wildman–Crippen LogP) is 2.34. The summed E-state index contributed by atoms with van der Waals surface area (Å²) in [6.45, 7) is 9.34. The molecule has 2 saturated heterocycles. The van der Waals surface area contributed by atoms with E-state index < -0.39 is 10.0 Å². The van der Waals surface area contributed by atoms with Crippen molar-refractivity contribution in [3.8, 4) is 0 Å². The number of ether oxygens (including phenoxy) is 1. The number of nitrogens with zero attached hydrogens (tertiary/aromatic N) is 2. The minimum Gasteiger partial charge on any atom is -0.379 e. The van der Waals surface area contributed by atoms with Gasteiger partial charge < -0.3 is 10.1 Å². The molecule has 2 aliphatic rings. The fourth-order valence-corrected chi connectivity index (χ4v) is 5.71. The Morgan fingerprint density at radius 1 is 1.03 bits per heavy atom. The molecule has 1 atom stereocenters. The van der Waals surface area contributed by atoms with Crippen molar-refractivity contribution in [1.29, 1.82) is 0 Å². The van der Waals surface area contributed by atoms with E-state index in [1.54, 1.807) is 28.6 Å². The van der Waals surface area contributed by atoms with Gasteiger partial charge in [0.25, 0.3) is 5.91 Å². The molecule has 2 aliphatic heterocycles. The maximum atomic E-state index is 12.8. The summed E-state index contributed by atoms with van der Waals surface area (Å²) in [6.07, 6.45) is 3.89. The van der Waals surface area contributed by atoms with Gasteiger partial charge >= 0.3 is 0 Å². The number of amides is 1. The first kappa shape index (κ1) is 23.2. The second kappa shape index (κ2) is 10.7. The first-order valence-corrected chi connectivity index (χ1v) is 12.5. The first-order chi connectivity index (χ1) is 14.4. The molecule has 1 amide bonds. The van der Waals surface area contributed by atoms with E-state index >= 15 is 0 Å². The van der Waals surface area contributed by atoms with Gasteiger partial charge in [0, 0.05) is 44.3 Å². The van der Waals surface area contributed by atoms with E-state index in [0.717, 1.165) is 52.0 Å². The number of carbonyl (C=O) groups is 1. The Kier molecular flexibility index (Phi) is 8.27. The van der Waals surface area contributed by atoms with Crippen LogP contribution in [0.3, 0.4) is 0 Å². The number of benzene rings is 1. The molecule has 2 heterocycles. The highest BCUT2D eigenvalue weighted by molar-refractivity contribution is 7.89. The van der Waals surface area contributed by atoms with Crippen LogP contribution in [-0.4, -0.2) is 75.5 Å². The highest BCUT2D eigenvalue weighted by Crippen LogP contribution is 2.21. The molecule has 1 unspecified atom stereocenters. The summed E-state index contributed by atoms with van der Waals surface area (Å²) in [7, 11) is -3.48. The maximum Gasteiger partial charge on any atom is 0.251 e. The summed E-state index contributed by atoms with van der Waals surface area (Å²) in [5, 5.41) is 3.04. The molecule has 0 aromatic heterocycles. The summed E-state index contributed by atoms with van der Waals surface area (Å²) < 4.78 is 32.5. The van der Waals surface area contributed by atoms with Crippen LogP contribution in [0.4, 0.5) is 0 Å². The lowest BCUT2D eigenvalue weighted by Gasteiger charge is -2.35. The van der Waals surface area contributed by atoms with Gasteiger partial charge in [-0.15, -0.1) is 0 Å². The monoisotopic (exact) mass is 437 g/mol. The van der Waals surface area contributed by atoms with Crippen LogP contribution in [0.25, 0.3) is 0 Å². The van der Waals surface area contributed by atoms with E-state index in [4.69, 9.17) is 4.74 Å². The van der Waals surface area contributed by atoms with Crippen molar-refractivity contribution in [2.24, 2.45) is 5.92 Å². The molecule has 0 aliphatic carbocycles. The van der Waals surface area contributed by atoms with Gasteiger partial charge in [-0.25, -0.2) is 8.42 Å². The third-order valence-electron chi connectivity index (χ3n) is 5.87. The molecule has 0 saturated carbocycles. The zero-order chi connectivity index (χ0) is 21.6. The number of morpholine rings is 1. The van der Waals surface area contributed by atoms with Crippen LogP contribution in [0.5, 0.6) is 0 Å². The largest absolute Gasteiger partial charge is 0.379 e. The van der Waals surface area contributed by atoms with Gasteiger partial charge in [0.15, 0.2) is 0 Å². The molecular weight excluding hydrogens is 402 g/mol. The van der Waals surface area contributed by atoms with Crippen LogP contribution in [0.1, 0.15) is 49.9 Å². The summed E-state index contributed by atoms with van der Waals surface area (Å²) >= 11 is 0. The number of nitrogens with one attached hydrogen (secondary N) is 1. The lowest BCUT2D eigenvalue weighted by molar-refractivity contribution is 0.0124. The van der Waals surface area contributed by atoms with E-state index in [1.165, 1.54) is 0 Å². The molecule has 1 aromatic carbocycles. The van der Waals surface area contributed by atoms with Gasteiger partial charge in [-0.1, -0.05) is 20.3 Å². The maximum absolute atomic E-state index is 12.8. The molecule has 8 heteroatoms. The van der Waals surface area contributed by atoms with Crippen LogP contribution in [0.15, 0.2) is 29.2 Å². The number of rotatable bonds is 8. The molecule has 1 aromatic rings. The SMILES string of the molecule is CC(C)CC(CNC(=O)c1ccc(S(=O)(=O)N2CCCCC2)cc1)N1CCOCC1. The molecule has 2 fully saturated rings. The van der Waals surface area contributed by atoms with Crippen molar-refractivity contribution in [2.45, 2.75) is 50.5 Å². The van der Waals surface area contributed by atoms with Crippen LogP contribution in [-0.2, 0) is 14.8 Å². The van der Waals surface area contributed by atoms with Crippen LogP contribution in [0, 0.1) is 5.92 Å². The summed E-state index contributed by atoms with van der Waals surface area (Å²) in [4.78, 5) is 15.3. The highest BCUT2D eigenvalue weighted by Gasteiger charge is 2.26. The van der Waals surface area contributed by atoms with Crippen molar-refractivity contribution >= 4 is 15.9 Å². The van der Waals surface area contributed by atoms with E-state index in [-0.39, 0.29) is 16.8 Å². The Labute approximate surface area is 180 Å². The number of carbonyl (C=O) groups excluding carboxylic acids is 1. The van der Waals surface area contributed by atoms with Gasteiger partial charge in [-0.2, -0.15) is 4.31 Å². The normalized spacial score (nSPS) is 20.2. The van der Waals surface area contributed by atoms with E-state index in [9.17, 15) is 13.2 Å². The Balaban J connectivity index is 1.60. The number of hydrogen-bond donors (Lipinski definition) is 1. The van der Waals surface area contributed by atoms with Crippen molar-refractivity contribution in [3.63, 3.8) is 0 Å². The molecule has 0 radical (unpaired) electrons. The minimum atomic E-state index is -3.48. The van der Waals surface area contributed by atoms with Gasteiger partial charge in [0.05, 0.1) is 18.1 Å². The summed E-state index contributed by atoms with van der Waals surface area (Å²) in [6, 6.07) is 6.59. The smallest absolute Gasteiger partial charge is 0.251 e. The summed E-state index contributed by atoms with van der Waals surface area (Å²) in [5.41, 5.74) is 0.484. The Morgan fingerprint density at radius 2 is 1.67 bits per heavy atom. The molecule has 168 valence electrons. The van der Waals surface area contributed by atoms with Crippen molar-refractivity contribution < 1.29 is 17.9 Å². The van der Waals surface area contributed by atoms with Crippen molar-refractivity contribution in [3.05, 3.63) is 29.8 Å². The topological polar surface area (TPSA) is 79.0 Å². The molecule has 7 nitrogen and oxygen atoms in total. The Bertz CT molecular complexity index is 783. The fraction of sp³-hybridized carbons (Fsp3) is 0.682. The van der Waals surface area contributed by atoms with Crippen molar-refractivity contribution in [2.75, 3.05) is 45.9 Å². The zero-order valence-corrected chi connectivity index (χ0v) is 19.0. The Morgan fingerprint density at radius 3 is 2.27 bits per heavy atom.